The average Bonchev–Trinajstić information content (AvgIpc) is 2.91. The second kappa shape index (κ2) is 5.95. The Kier molecular flexibility index (Phi) is 4.05. The standard InChI is InChI=1S/C15H10BrClN2S/c16-11-3-7-13(8-4-11)18-15-19-14(9-20-15)10-1-5-12(17)6-2-10/h1-9H,(H,18,19). The Balaban J connectivity index is 1.80. The van der Waals surface area contributed by atoms with Gasteiger partial charge < -0.3 is 5.32 Å². The van der Waals surface area contributed by atoms with Crippen LogP contribution in [0.4, 0.5) is 10.8 Å². The summed E-state index contributed by atoms with van der Waals surface area (Å²) in [5.74, 6) is 0. The molecule has 0 spiro atoms. The summed E-state index contributed by atoms with van der Waals surface area (Å²) in [5, 5.41) is 6.93. The summed E-state index contributed by atoms with van der Waals surface area (Å²) in [5.41, 5.74) is 3.03. The van der Waals surface area contributed by atoms with Gasteiger partial charge in [-0.1, -0.05) is 39.7 Å². The molecule has 0 amide bonds. The van der Waals surface area contributed by atoms with Crippen LogP contribution >= 0.6 is 38.9 Å². The predicted octanol–water partition coefficient (Wildman–Crippen LogP) is 5.97. The highest BCUT2D eigenvalue weighted by Crippen LogP contribution is 2.28. The molecule has 0 aliphatic heterocycles. The topological polar surface area (TPSA) is 24.9 Å². The monoisotopic (exact) mass is 364 g/mol. The number of benzene rings is 2. The minimum Gasteiger partial charge on any atom is -0.332 e. The van der Waals surface area contributed by atoms with Crippen molar-refractivity contribution in [3.63, 3.8) is 0 Å². The van der Waals surface area contributed by atoms with Gasteiger partial charge in [0.05, 0.1) is 5.69 Å². The van der Waals surface area contributed by atoms with E-state index in [0.29, 0.717) is 0 Å². The van der Waals surface area contributed by atoms with Crippen LogP contribution in [0.25, 0.3) is 11.3 Å². The lowest BCUT2D eigenvalue weighted by molar-refractivity contribution is 1.38. The van der Waals surface area contributed by atoms with E-state index in [1.807, 2.05) is 53.9 Å². The molecule has 0 fully saturated rings. The smallest absolute Gasteiger partial charge is 0.187 e. The molecule has 0 saturated heterocycles. The first-order chi connectivity index (χ1) is 9.70. The number of rotatable bonds is 3. The Bertz CT molecular complexity index is 707. The van der Waals surface area contributed by atoms with E-state index in [9.17, 15) is 0 Å². The van der Waals surface area contributed by atoms with Crippen molar-refractivity contribution < 1.29 is 0 Å². The van der Waals surface area contributed by atoms with Crippen LogP contribution in [0.15, 0.2) is 58.4 Å². The van der Waals surface area contributed by atoms with Gasteiger partial charge in [0.2, 0.25) is 0 Å². The number of anilines is 2. The average molecular weight is 366 g/mol. The Labute approximate surface area is 134 Å². The number of halogens is 2. The third kappa shape index (κ3) is 3.20. The molecule has 0 radical (unpaired) electrons. The number of nitrogens with one attached hydrogen (secondary N) is 1. The molecule has 0 bridgehead atoms. The Hall–Kier alpha value is -1.36. The minimum absolute atomic E-state index is 0.734. The molecule has 1 aromatic heterocycles. The van der Waals surface area contributed by atoms with Crippen molar-refractivity contribution in [2.45, 2.75) is 0 Å². The number of hydrogen-bond donors (Lipinski definition) is 1. The van der Waals surface area contributed by atoms with Gasteiger partial charge in [-0.05, 0) is 36.4 Å². The van der Waals surface area contributed by atoms with Crippen LogP contribution in [0.2, 0.25) is 5.02 Å². The fourth-order valence-electron chi connectivity index (χ4n) is 1.74. The Morgan fingerprint density at radius 3 is 2.40 bits per heavy atom. The molecule has 0 atom stereocenters. The van der Waals surface area contributed by atoms with Crippen LogP contribution in [0, 0.1) is 0 Å². The van der Waals surface area contributed by atoms with E-state index in [0.717, 1.165) is 31.6 Å². The van der Waals surface area contributed by atoms with E-state index in [1.165, 1.54) is 0 Å². The van der Waals surface area contributed by atoms with Crippen molar-refractivity contribution in [1.82, 2.24) is 4.98 Å². The lowest BCUT2D eigenvalue weighted by Crippen LogP contribution is -1.89. The van der Waals surface area contributed by atoms with E-state index in [4.69, 9.17) is 11.6 Å². The summed E-state index contributed by atoms with van der Waals surface area (Å²) in [6.45, 7) is 0. The zero-order chi connectivity index (χ0) is 13.9. The molecule has 2 nitrogen and oxygen atoms in total. The van der Waals surface area contributed by atoms with Crippen molar-refractivity contribution in [3.05, 3.63) is 63.4 Å². The van der Waals surface area contributed by atoms with Crippen molar-refractivity contribution in [3.8, 4) is 11.3 Å². The SMILES string of the molecule is Clc1ccc(-c2csc(Nc3ccc(Br)cc3)n2)cc1. The van der Waals surface area contributed by atoms with E-state index >= 15 is 0 Å². The lowest BCUT2D eigenvalue weighted by Gasteiger charge is -2.02. The molecular formula is C15H10BrClN2S. The van der Waals surface area contributed by atoms with Gasteiger partial charge in [-0.15, -0.1) is 11.3 Å². The molecule has 100 valence electrons. The lowest BCUT2D eigenvalue weighted by atomic mass is 10.2. The molecule has 1 N–H and O–H groups in total. The van der Waals surface area contributed by atoms with Gasteiger partial charge in [-0.25, -0.2) is 4.98 Å². The highest BCUT2D eigenvalue weighted by atomic mass is 79.9. The summed E-state index contributed by atoms with van der Waals surface area (Å²) in [6.07, 6.45) is 0. The van der Waals surface area contributed by atoms with Crippen molar-refractivity contribution >= 4 is 49.7 Å². The van der Waals surface area contributed by atoms with E-state index < -0.39 is 0 Å². The van der Waals surface area contributed by atoms with Crippen LogP contribution in [0.3, 0.4) is 0 Å². The summed E-state index contributed by atoms with van der Waals surface area (Å²) >= 11 is 10.9. The molecule has 1 heterocycles. The van der Waals surface area contributed by atoms with Crippen LogP contribution in [-0.4, -0.2) is 4.98 Å². The van der Waals surface area contributed by atoms with E-state index in [1.54, 1.807) is 11.3 Å². The number of nitrogens with zero attached hydrogens (tertiary/aromatic N) is 1. The maximum absolute atomic E-state index is 5.89. The molecular weight excluding hydrogens is 356 g/mol. The molecule has 5 heteroatoms. The Morgan fingerprint density at radius 2 is 1.70 bits per heavy atom. The number of thiazole rings is 1. The Morgan fingerprint density at radius 1 is 1.00 bits per heavy atom. The summed E-state index contributed by atoms with van der Waals surface area (Å²) in [7, 11) is 0. The van der Waals surface area contributed by atoms with Crippen molar-refractivity contribution in [1.29, 1.82) is 0 Å². The van der Waals surface area contributed by atoms with Crippen molar-refractivity contribution in [2.24, 2.45) is 0 Å². The first kappa shape index (κ1) is 13.6. The summed E-state index contributed by atoms with van der Waals surface area (Å²) in [4.78, 5) is 4.58. The first-order valence-corrected chi connectivity index (χ1v) is 8.00. The molecule has 2 aromatic carbocycles. The van der Waals surface area contributed by atoms with Crippen LogP contribution in [-0.2, 0) is 0 Å². The van der Waals surface area contributed by atoms with Gasteiger partial charge in [0.1, 0.15) is 0 Å². The quantitative estimate of drug-likeness (QED) is 0.618. The van der Waals surface area contributed by atoms with E-state index in [-0.39, 0.29) is 0 Å². The zero-order valence-corrected chi connectivity index (χ0v) is 13.5. The molecule has 3 aromatic rings. The predicted molar refractivity (Wildman–Crippen MR) is 90.0 cm³/mol. The van der Waals surface area contributed by atoms with Gasteiger partial charge in [-0.2, -0.15) is 0 Å². The normalized spacial score (nSPS) is 10.5. The first-order valence-electron chi connectivity index (χ1n) is 5.95. The van der Waals surface area contributed by atoms with Gasteiger partial charge in [0.25, 0.3) is 0 Å². The third-order valence-corrected chi connectivity index (χ3v) is 4.28. The fraction of sp³-hybridized carbons (Fsp3) is 0. The zero-order valence-electron chi connectivity index (χ0n) is 10.3. The van der Waals surface area contributed by atoms with Crippen LogP contribution < -0.4 is 5.32 Å². The molecule has 0 saturated carbocycles. The minimum atomic E-state index is 0.734. The third-order valence-electron chi connectivity index (χ3n) is 2.74. The largest absolute Gasteiger partial charge is 0.332 e. The second-order valence-electron chi connectivity index (χ2n) is 4.18. The van der Waals surface area contributed by atoms with Gasteiger partial charge in [0, 0.05) is 26.1 Å². The van der Waals surface area contributed by atoms with Gasteiger partial charge in [-0.3, -0.25) is 0 Å². The molecule has 0 aliphatic carbocycles. The number of hydrogen-bond acceptors (Lipinski definition) is 3. The fourth-order valence-corrected chi connectivity index (χ4v) is 2.87. The van der Waals surface area contributed by atoms with E-state index in [2.05, 4.69) is 26.2 Å². The molecule has 0 unspecified atom stereocenters. The second-order valence-corrected chi connectivity index (χ2v) is 6.39. The molecule has 20 heavy (non-hydrogen) atoms. The van der Waals surface area contributed by atoms with Crippen molar-refractivity contribution in [2.75, 3.05) is 5.32 Å². The summed E-state index contributed by atoms with van der Waals surface area (Å²) in [6, 6.07) is 15.7. The maximum Gasteiger partial charge on any atom is 0.187 e. The highest BCUT2D eigenvalue weighted by molar-refractivity contribution is 9.10. The molecule has 0 aliphatic rings. The van der Waals surface area contributed by atoms with Gasteiger partial charge >= 0.3 is 0 Å². The molecule has 3 rings (SSSR count). The van der Waals surface area contributed by atoms with Gasteiger partial charge in [0.15, 0.2) is 5.13 Å². The summed E-state index contributed by atoms with van der Waals surface area (Å²) < 4.78 is 1.06. The highest BCUT2D eigenvalue weighted by Gasteiger charge is 2.04. The van der Waals surface area contributed by atoms with Crippen LogP contribution in [0.1, 0.15) is 0 Å². The van der Waals surface area contributed by atoms with Crippen LogP contribution in [0.5, 0.6) is 0 Å². The maximum atomic E-state index is 5.89. The number of aromatic nitrogens is 1.